The van der Waals surface area contributed by atoms with Gasteiger partial charge in [0.1, 0.15) is 0 Å². The largest absolute Gasteiger partial charge is 0.340 e. The molecule has 0 unspecified atom stereocenters. The van der Waals surface area contributed by atoms with Crippen LogP contribution in [0.5, 0.6) is 0 Å². The lowest BCUT2D eigenvalue weighted by atomic mass is 9.84. The van der Waals surface area contributed by atoms with Gasteiger partial charge in [0.05, 0.1) is 37.6 Å². The summed E-state index contributed by atoms with van der Waals surface area (Å²) in [4.78, 5) is 13.2. The van der Waals surface area contributed by atoms with Crippen molar-refractivity contribution in [2.24, 2.45) is 0 Å². The Morgan fingerprint density at radius 1 is 1.14 bits per heavy atom. The van der Waals surface area contributed by atoms with Gasteiger partial charge in [0, 0.05) is 0 Å². The van der Waals surface area contributed by atoms with E-state index in [0.717, 1.165) is 4.90 Å². The number of terminal acetylenes is 1. The Hall–Kier alpha value is -1.88. The molecule has 7 heteroatoms. The smallest absolute Gasteiger partial charge is 0.275 e. The molecule has 1 saturated heterocycles. The Balaban J connectivity index is 1.56. The Morgan fingerprint density at radius 2 is 1.79 bits per heavy atom. The fourth-order valence-electron chi connectivity index (χ4n) is 4.16. The van der Waals surface area contributed by atoms with Crippen LogP contribution in [-0.4, -0.2) is 57.9 Å². The second-order valence-corrected chi connectivity index (χ2v) is 9.65. The van der Waals surface area contributed by atoms with Gasteiger partial charge in [0.15, 0.2) is 6.54 Å². The maximum atomic E-state index is 13.0. The average molecular weight is 405 g/mol. The molecule has 1 aliphatic heterocycles. The third-order valence-corrected chi connectivity index (χ3v) is 7.74. The van der Waals surface area contributed by atoms with Gasteiger partial charge in [-0.25, -0.2) is 8.42 Å². The van der Waals surface area contributed by atoms with Gasteiger partial charge >= 0.3 is 0 Å². The van der Waals surface area contributed by atoms with Crippen molar-refractivity contribution in [1.82, 2.24) is 9.62 Å². The van der Waals surface area contributed by atoms with Gasteiger partial charge in [-0.1, -0.05) is 37.3 Å². The summed E-state index contributed by atoms with van der Waals surface area (Å²) in [6, 6.07) is 7.48. The maximum Gasteiger partial charge on any atom is 0.275 e. The Labute approximate surface area is 168 Å². The monoisotopic (exact) mass is 404 g/mol. The van der Waals surface area contributed by atoms with Gasteiger partial charge < -0.3 is 10.2 Å². The van der Waals surface area contributed by atoms with Gasteiger partial charge in [0.2, 0.25) is 10.0 Å². The number of nitrogens with one attached hydrogen (secondary N) is 2. The molecular weight excluding hydrogens is 374 g/mol. The lowest BCUT2D eigenvalue weighted by Gasteiger charge is -2.31. The number of hydrogen-bond acceptors (Lipinski definition) is 3. The maximum absolute atomic E-state index is 13.0. The highest BCUT2D eigenvalue weighted by Gasteiger charge is 2.31. The highest BCUT2D eigenvalue weighted by molar-refractivity contribution is 7.89. The van der Waals surface area contributed by atoms with Crippen molar-refractivity contribution < 1.29 is 18.1 Å². The molecule has 2 aliphatic rings. The molecule has 0 spiro atoms. The summed E-state index contributed by atoms with van der Waals surface area (Å²) < 4.78 is 27.5. The molecule has 1 heterocycles. The zero-order valence-electron chi connectivity index (χ0n) is 16.3. The molecule has 6 nitrogen and oxygen atoms in total. The van der Waals surface area contributed by atoms with Gasteiger partial charge in [-0.2, -0.15) is 4.31 Å². The zero-order valence-corrected chi connectivity index (χ0v) is 17.1. The van der Waals surface area contributed by atoms with E-state index in [2.05, 4.69) is 11.2 Å². The summed E-state index contributed by atoms with van der Waals surface area (Å²) >= 11 is 0. The van der Waals surface area contributed by atoms with Crippen molar-refractivity contribution in [3.8, 4) is 12.3 Å². The van der Waals surface area contributed by atoms with E-state index in [1.807, 2.05) is 12.1 Å². The summed E-state index contributed by atoms with van der Waals surface area (Å²) in [6.07, 6.45) is 11.4. The van der Waals surface area contributed by atoms with Crippen molar-refractivity contribution in [3.05, 3.63) is 29.8 Å². The number of sulfonamides is 1. The first-order valence-electron chi connectivity index (χ1n) is 10.1. The Kier molecular flexibility index (Phi) is 7.11. The van der Waals surface area contributed by atoms with E-state index < -0.39 is 10.0 Å². The number of hydrogen-bond donors (Lipinski definition) is 2. The lowest BCUT2D eigenvalue weighted by molar-refractivity contribution is -0.895. The molecule has 1 amide bonds. The van der Waals surface area contributed by atoms with E-state index >= 15 is 0 Å². The van der Waals surface area contributed by atoms with Crippen LogP contribution in [0, 0.1) is 12.3 Å². The number of quaternary nitrogens is 1. The molecule has 3 rings (SSSR count). The van der Waals surface area contributed by atoms with Crippen LogP contribution in [0.25, 0.3) is 0 Å². The molecule has 28 heavy (non-hydrogen) atoms. The standard InChI is InChI=1S/C21H29N3O3S/c1-2-12-22-21(25)17-23-13-15-24(16-14-23)28(26,27)20-10-8-19(9-11-20)18-6-4-3-5-7-18/h1,8-11,18H,3-7,12-17H2,(H,22,25)/p+1. The SMILES string of the molecule is C#CCNC(=O)C[NH+]1CCN(S(=O)(=O)c2ccc(C3CCCCC3)cc2)CC1. The number of carbonyl (C=O) groups is 1. The van der Waals surface area contributed by atoms with Gasteiger partial charge in [0.25, 0.3) is 5.91 Å². The van der Waals surface area contributed by atoms with Crippen LogP contribution in [0.2, 0.25) is 0 Å². The minimum atomic E-state index is -3.48. The third-order valence-electron chi connectivity index (χ3n) is 5.82. The van der Waals surface area contributed by atoms with E-state index in [9.17, 15) is 13.2 Å². The first kappa shape index (κ1) is 20.8. The Bertz CT molecular complexity index is 800. The predicted octanol–water partition coefficient (Wildman–Crippen LogP) is 0.373. The lowest BCUT2D eigenvalue weighted by Crippen LogP contribution is -3.15. The molecule has 2 fully saturated rings. The van der Waals surface area contributed by atoms with Crippen LogP contribution in [0.1, 0.15) is 43.6 Å². The molecule has 152 valence electrons. The first-order valence-corrected chi connectivity index (χ1v) is 11.6. The minimum Gasteiger partial charge on any atom is -0.340 e. The first-order chi connectivity index (χ1) is 13.5. The van der Waals surface area contributed by atoms with Gasteiger partial charge in [-0.15, -0.1) is 6.42 Å². The number of nitrogens with zero attached hydrogens (tertiary/aromatic N) is 1. The molecular formula is C21H30N3O3S+. The highest BCUT2D eigenvalue weighted by Crippen LogP contribution is 2.33. The van der Waals surface area contributed by atoms with E-state index in [-0.39, 0.29) is 12.5 Å². The van der Waals surface area contributed by atoms with Crippen molar-refractivity contribution >= 4 is 15.9 Å². The summed E-state index contributed by atoms with van der Waals surface area (Å²) in [5.74, 6) is 2.85. The topological polar surface area (TPSA) is 70.9 Å². The number of rotatable bonds is 6. The number of benzene rings is 1. The van der Waals surface area contributed by atoms with Crippen molar-refractivity contribution in [3.63, 3.8) is 0 Å². The van der Waals surface area contributed by atoms with E-state index in [4.69, 9.17) is 6.42 Å². The van der Waals surface area contributed by atoms with Crippen molar-refractivity contribution in [2.45, 2.75) is 42.9 Å². The Morgan fingerprint density at radius 3 is 2.39 bits per heavy atom. The summed E-state index contributed by atoms with van der Waals surface area (Å²) in [5, 5.41) is 2.65. The van der Waals surface area contributed by atoms with Gasteiger partial charge in [-0.05, 0) is 36.5 Å². The van der Waals surface area contributed by atoms with Crippen LogP contribution in [0.4, 0.5) is 0 Å². The fraction of sp³-hybridized carbons (Fsp3) is 0.571. The molecule has 1 aromatic rings. The molecule has 1 saturated carbocycles. The third kappa shape index (κ3) is 5.13. The van der Waals surface area contributed by atoms with Crippen LogP contribution < -0.4 is 10.2 Å². The quantitative estimate of drug-likeness (QED) is 0.673. The van der Waals surface area contributed by atoms with E-state index in [0.29, 0.717) is 43.5 Å². The second kappa shape index (κ2) is 9.55. The van der Waals surface area contributed by atoms with Gasteiger partial charge in [-0.3, -0.25) is 4.79 Å². The predicted molar refractivity (Wildman–Crippen MR) is 108 cm³/mol. The fourth-order valence-corrected chi connectivity index (χ4v) is 5.60. The molecule has 2 N–H and O–H groups in total. The van der Waals surface area contributed by atoms with Crippen LogP contribution >= 0.6 is 0 Å². The molecule has 1 aliphatic carbocycles. The van der Waals surface area contributed by atoms with Crippen molar-refractivity contribution in [1.29, 1.82) is 0 Å². The number of amides is 1. The van der Waals surface area contributed by atoms with Crippen LogP contribution in [0.3, 0.4) is 0 Å². The van der Waals surface area contributed by atoms with Crippen LogP contribution in [0.15, 0.2) is 29.2 Å². The average Bonchev–Trinajstić information content (AvgIpc) is 2.73. The molecule has 0 aromatic heterocycles. The zero-order chi connectivity index (χ0) is 20.0. The number of piperazine rings is 1. The van der Waals surface area contributed by atoms with E-state index in [1.165, 1.54) is 42.0 Å². The van der Waals surface area contributed by atoms with Crippen LogP contribution in [-0.2, 0) is 14.8 Å². The summed E-state index contributed by atoms with van der Waals surface area (Å²) in [6.45, 7) is 2.62. The second-order valence-electron chi connectivity index (χ2n) is 7.72. The minimum absolute atomic E-state index is 0.0949. The number of carbonyl (C=O) groups excluding carboxylic acids is 1. The molecule has 0 radical (unpaired) electrons. The highest BCUT2D eigenvalue weighted by atomic mass is 32.2. The van der Waals surface area contributed by atoms with E-state index in [1.54, 1.807) is 12.1 Å². The molecule has 0 bridgehead atoms. The van der Waals surface area contributed by atoms with Crippen molar-refractivity contribution in [2.75, 3.05) is 39.3 Å². The molecule has 0 atom stereocenters. The summed E-state index contributed by atoms with van der Waals surface area (Å²) in [7, 11) is -3.48. The normalized spacial score (nSPS) is 19.8. The molecule has 1 aromatic carbocycles. The summed E-state index contributed by atoms with van der Waals surface area (Å²) in [5.41, 5.74) is 1.26.